The maximum atomic E-state index is 13.1. The highest BCUT2D eigenvalue weighted by Gasteiger charge is 2.39. The van der Waals surface area contributed by atoms with Gasteiger partial charge in [0.15, 0.2) is 17.8 Å². The van der Waals surface area contributed by atoms with Crippen molar-refractivity contribution in [3.63, 3.8) is 0 Å². The summed E-state index contributed by atoms with van der Waals surface area (Å²) < 4.78 is 46.5. The number of rotatable bonds is 7. The molecule has 0 saturated heterocycles. The van der Waals surface area contributed by atoms with Crippen LogP contribution in [-0.2, 0) is 17.8 Å². The summed E-state index contributed by atoms with van der Waals surface area (Å²) >= 11 is 12.1. The third kappa shape index (κ3) is 5.50. The Hall–Kier alpha value is -3.75. The van der Waals surface area contributed by atoms with E-state index in [4.69, 9.17) is 27.9 Å². The van der Waals surface area contributed by atoms with Crippen LogP contribution >= 0.6 is 23.2 Å². The predicted octanol–water partition coefficient (Wildman–Crippen LogP) is 2.75. The number of carbonyl (C=O) groups is 1. The molecule has 1 N–H and O–H groups in total. The number of esters is 1. The summed E-state index contributed by atoms with van der Waals surface area (Å²) in [6.45, 7) is -1.55. The van der Waals surface area contributed by atoms with Crippen LogP contribution in [0, 0.1) is 0 Å². The summed E-state index contributed by atoms with van der Waals surface area (Å²) in [5.74, 6) is -1.39. The monoisotopic (exact) mass is 557 g/mol. The molecule has 0 bridgehead atoms. The minimum atomic E-state index is -4.97. The number of aliphatic hydroxyl groups excluding tert-OH is 1. The van der Waals surface area contributed by atoms with E-state index in [1.807, 2.05) is 0 Å². The van der Waals surface area contributed by atoms with Gasteiger partial charge in [-0.05, 0) is 30.3 Å². The van der Waals surface area contributed by atoms with Gasteiger partial charge in [0.1, 0.15) is 6.54 Å². The van der Waals surface area contributed by atoms with Crippen LogP contribution in [0.1, 0.15) is 16.4 Å². The first-order chi connectivity index (χ1) is 17.5. The number of hydrogen-bond donors (Lipinski definition) is 1. The van der Waals surface area contributed by atoms with Gasteiger partial charge in [0, 0.05) is 23.0 Å². The Morgan fingerprint density at radius 1 is 1.16 bits per heavy atom. The second kappa shape index (κ2) is 10.3. The van der Waals surface area contributed by atoms with E-state index >= 15 is 0 Å². The van der Waals surface area contributed by atoms with E-state index in [0.717, 1.165) is 16.5 Å². The summed E-state index contributed by atoms with van der Waals surface area (Å²) in [6, 6.07) is 7.31. The molecule has 0 aliphatic rings. The topological polar surface area (TPSA) is 130 Å². The lowest BCUT2D eigenvalue weighted by Crippen LogP contribution is -2.37. The van der Waals surface area contributed by atoms with Crippen molar-refractivity contribution in [3.05, 3.63) is 74.9 Å². The molecule has 4 aromatic rings. The zero-order valence-electron chi connectivity index (χ0n) is 18.7. The molecule has 0 unspecified atom stereocenters. The number of alkyl halides is 3. The fraction of sp³-hybridized carbons (Fsp3) is 0.238. The van der Waals surface area contributed by atoms with Gasteiger partial charge in [-0.15, -0.1) is 10.2 Å². The molecule has 16 heteroatoms. The lowest BCUT2D eigenvalue weighted by Gasteiger charge is -2.15. The zero-order chi connectivity index (χ0) is 26.9. The Kier molecular flexibility index (Phi) is 7.34. The number of nitrogens with zero attached hydrogens (tertiary/aromatic N) is 7. The van der Waals surface area contributed by atoms with E-state index in [2.05, 4.69) is 20.2 Å². The van der Waals surface area contributed by atoms with Crippen LogP contribution in [0.25, 0.3) is 17.1 Å². The first-order valence-corrected chi connectivity index (χ1v) is 11.1. The molecule has 37 heavy (non-hydrogen) atoms. The van der Waals surface area contributed by atoms with Crippen LogP contribution in [0.5, 0.6) is 0 Å². The van der Waals surface area contributed by atoms with E-state index in [-0.39, 0.29) is 33.7 Å². The minimum absolute atomic E-state index is 0.0981. The highest BCUT2D eigenvalue weighted by Crippen LogP contribution is 2.24. The number of aromatic nitrogens is 7. The van der Waals surface area contributed by atoms with Crippen LogP contribution in [0.15, 0.2) is 47.5 Å². The molecule has 0 aliphatic heterocycles. The Labute approximate surface area is 215 Å². The maximum absolute atomic E-state index is 13.1. The SMILES string of the molecule is COC(=O)c1nc(Cn2nc(-c3ccc(Cl)cc3)n(C[C@H](O)C(F)(F)F)c2=O)nn1-c1ccncc1Cl. The third-order valence-corrected chi connectivity index (χ3v) is 5.59. The number of ether oxygens (including phenoxy) is 1. The minimum Gasteiger partial charge on any atom is -0.463 e. The standard InChI is InChI=1S/C21H16Cl2F3N7O4/c1-37-19(35)18-28-16(29-33(18)14-6-7-27-8-13(14)23)10-32-20(36)31(9-15(34)21(24,25)26)17(30-32)11-2-4-12(22)5-3-11/h2-8,15,34H,9-10H2,1H3/t15-/m0/s1. The average molecular weight is 558 g/mol. The number of halogens is 5. The van der Waals surface area contributed by atoms with Gasteiger partial charge in [0.2, 0.25) is 5.82 Å². The molecule has 0 aliphatic carbocycles. The van der Waals surface area contributed by atoms with E-state index in [0.29, 0.717) is 9.59 Å². The predicted molar refractivity (Wildman–Crippen MR) is 124 cm³/mol. The summed E-state index contributed by atoms with van der Waals surface area (Å²) in [5, 5.41) is 18.5. The molecular weight excluding hydrogens is 542 g/mol. The molecule has 0 fully saturated rings. The van der Waals surface area contributed by atoms with Gasteiger partial charge in [-0.2, -0.15) is 13.2 Å². The number of carbonyl (C=O) groups excluding carboxylic acids is 1. The van der Waals surface area contributed by atoms with Crippen LogP contribution in [0.3, 0.4) is 0 Å². The summed E-state index contributed by atoms with van der Waals surface area (Å²) in [7, 11) is 1.13. The van der Waals surface area contributed by atoms with Gasteiger partial charge >= 0.3 is 17.8 Å². The Morgan fingerprint density at radius 2 is 1.86 bits per heavy atom. The van der Waals surface area contributed by atoms with Crippen LogP contribution in [-0.4, -0.2) is 64.6 Å². The quantitative estimate of drug-likeness (QED) is 0.343. The second-order valence-electron chi connectivity index (χ2n) is 7.52. The first kappa shape index (κ1) is 26.3. The number of pyridine rings is 1. The van der Waals surface area contributed by atoms with Crippen molar-refractivity contribution >= 4 is 29.2 Å². The molecule has 0 radical (unpaired) electrons. The van der Waals surface area contributed by atoms with Gasteiger partial charge in [0.25, 0.3) is 0 Å². The lowest BCUT2D eigenvalue weighted by atomic mass is 10.2. The van der Waals surface area contributed by atoms with Crippen LogP contribution < -0.4 is 5.69 Å². The lowest BCUT2D eigenvalue weighted by molar-refractivity contribution is -0.207. The van der Waals surface area contributed by atoms with Crippen molar-refractivity contribution < 1.29 is 27.8 Å². The van der Waals surface area contributed by atoms with Crippen LogP contribution in [0.2, 0.25) is 10.0 Å². The average Bonchev–Trinajstić information content (AvgIpc) is 3.40. The highest BCUT2D eigenvalue weighted by atomic mass is 35.5. The normalized spacial score (nSPS) is 12.5. The second-order valence-corrected chi connectivity index (χ2v) is 8.36. The van der Waals surface area contributed by atoms with Crippen molar-refractivity contribution in [3.8, 4) is 17.1 Å². The van der Waals surface area contributed by atoms with E-state index in [1.165, 1.54) is 42.7 Å². The largest absolute Gasteiger partial charge is 0.463 e. The van der Waals surface area contributed by atoms with E-state index in [1.54, 1.807) is 0 Å². The zero-order valence-corrected chi connectivity index (χ0v) is 20.2. The number of aliphatic hydroxyl groups is 1. The van der Waals surface area contributed by atoms with Crippen molar-refractivity contribution in [2.45, 2.75) is 25.4 Å². The van der Waals surface area contributed by atoms with Gasteiger partial charge < -0.3 is 9.84 Å². The van der Waals surface area contributed by atoms with E-state index in [9.17, 15) is 27.9 Å². The molecule has 0 saturated carbocycles. The summed E-state index contributed by atoms with van der Waals surface area (Å²) in [5.41, 5.74) is -0.470. The number of benzene rings is 1. The van der Waals surface area contributed by atoms with E-state index < -0.39 is 37.0 Å². The molecule has 4 rings (SSSR count). The molecule has 1 atom stereocenters. The molecule has 3 aromatic heterocycles. The van der Waals surface area contributed by atoms with Gasteiger partial charge in [-0.3, -0.25) is 9.55 Å². The Morgan fingerprint density at radius 3 is 2.49 bits per heavy atom. The molecule has 1 aromatic carbocycles. The van der Waals surface area contributed by atoms with Gasteiger partial charge in [-0.25, -0.2) is 23.9 Å². The van der Waals surface area contributed by atoms with Crippen LogP contribution in [0.4, 0.5) is 13.2 Å². The molecule has 11 nitrogen and oxygen atoms in total. The number of hydrogen-bond acceptors (Lipinski definition) is 8. The first-order valence-electron chi connectivity index (χ1n) is 10.3. The maximum Gasteiger partial charge on any atom is 0.416 e. The molecule has 0 amide bonds. The summed E-state index contributed by atoms with van der Waals surface area (Å²) in [4.78, 5) is 33.3. The molecular formula is C21H16Cl2F3N7O4. The fourth-order valence-electron chi connectivity index (χ4n) is 3.28. The molecule has 0 spiro atoms. The number of methoxy groups -OCH3 is 1. The van der Waals surface area contributed by atoms with Gasteiger partial charge in [0.05, 0.1) is 24.4 Å². The van der Waals surface area contributed by atoms with Crippen molar-refractivity contribution in [1.29, 1.82) is 0 Å². The smallest absolute Gasteiger partial charge is 0.416 e. The van der Waals surface area contributed by atoms with Gasteiger partial charge in [-0.1, -0.05) is 23.2 Å². The highest BCUT2D eigenvalue weighted by molar-refractivity contribution is 6.32. The van der Waals surface area contributed by atoms with Crippen molar-refractivity contribution in [2.24, 2.45) is 0 Å². The Bertz CT molecular complexity index is 1500. The molecule has 3 heterocycles. The molecule has 194 valence electrons. The fourth-order valence-corrected chi connectivity index (χ4v) is 3.61. The van der Waals surface area contributed by atoms with Crippen molar-refractivity contribution in [1.82, 2.24) is 34.1 Å². The Balaban J connectivity index is 1.79. The third-order valence-electron chi connectivity index (χ3n) is 5.05. The summed E-state index contributed by atoms with van der Waals surface area (Å²) in [6.07, 6.45) is -5.08. The van der Waals surface area contributed by atoms with Crippen molar-refractivity contribution in [2.75, 3.05) is 7.11 Å².